The van der Waals surface area contributed by atoms with Crippen LogP contribution in [-0.2, 0) is 28.5 Å². The van der Waals surface area contributed by atoms with Crippen molar-refractivity contribution in [2.75, 3.05) is 19.8 Å². The topological polar surface area (TPSA) is 152 Å². The molecule has 0 bridgehead atoms. The minimum Gasteiger partial charge on any atom is -0.462 e. The molecule has 6 atom stereocenters. The van der Waals surface area contributed by atoms with Gasteiger partial charge >= 0.3 is 11.9 Å². The summed E-state index contributed by atoms with van der Waals surface area (Å²) in [6, 6.07) is 0. The highest BCUT2D eigenvalue weighted by atomic mass is 16.7. The second-order valence-electron chi connectivity index (χ2n) is 15.1. The maximum atomic E-state index is 12.7. The molecule has 0 amide bonds. The molecule has 57 heavy (non-hydrogen) atoms. The highest BCUT2D eigenvalue weighted by Gasteiger charge is 2.44. The summed E-state index contributed by atoms with van der Waals surface area (Å²) >= 11 is 0. The minimum absolute atomic E-state index is 0.175. The van der Waals surface area contributed by atoms with E-state index in [4.69, 9.17) is 18.9 Å². The Morgan fingerprint density at radius 2 is 1.04 bits per heavy atom. The first-order valence-electron chi connectivity index (χ1n) is 22.4. The zero-order valence-electron chi connectivity index (χ0n) is 35.6. The third kappa shape index (κ3) is 29.3. The van der Waals surface area contributed by atoms with Crippen LogP contribution in [0.4, 0.5) is 0 Å². The van der Waals surface area contributed by atoms with Gasteiger partial charge in [0.25, 0.3) is 0 Å². The molecule has 1 heterocycles. The van der Waals surface area contributed by atoms with Gasteiger partial charge in [-0.15, -0.1) is 0 Å². The maximum absolute atomic E-state index is 12.7. The maximum Gasteiger partial charge on any atom is 0.306 e. The number of carbonyl (C=O) groups excluding carboxylic acids is 2. The van der Waals surface area contributed by atoms with Crippen LogP contribution in [0.5, 0.6) is 0 Å². The van der Waals surface area contributed by atoms with Gasteiger partial charge in [-0.25, -0.2) is 0 Å². The fourth-order valence-corrected chi connectivity index (χ4v) is 6.35. The summed E-state index contributed by atoms with van der Waals surface area (Å²) in [5, 5.41) is 40.1. The van der Waals surface area contributed by atoms with Gasteiger partial charge in [-0.2, -0.15) is 0 Å². The normalized spacial score (nSPS) is 20.8. The van der Waals surface area contributed by atoms with E-state index in [0.29, 0.717) is 12.8 Å². The molecule has 1 aliphatic rings. The number of aliphatic hydroxyl groups is 4. The van der Waals surface area contributed by atoms with Crippen LogP contribution in [0.25, 0.3) is 0 Å². The van der Waals surface area contributed by atoms with Crippen LogP contribution < -0.4 is 0 Å². The van der Waals surface area contributed by atoms with E-state index in [9.17, 15) is 30.0 Å². The number of allylic oxidation sites excluding steroid dienone is 10. The lowest BCUT2D eigenvalue weighted by atomic mass is 9.99. The molecule has 328 valence electrons. The van der Waals surface area contributed by atoms with E-state index in [1.807, 2.05) is 0 Å². The number of aliphatic hydroxyl groups excluding tert-OH is 4. The largest absolute Gasteiger partial charge is 0.462 e. The quantitative estimate of drug-likeness (QED) is 0.0274. The van der Waals surface area contributed by atoms with E-state index in [1.165, 1.54) is 70.6 Å². The summed E-state index contributed by atoms with van der Waals surface area (Å²) < 4.78 is 22.1. The molecule has 1 saturated heterocycles. The molecule has 1 fully saturated rings. The molecular formula is C47H80O10. The zero-order chi connectivity index (χ0) is 41.6. The van der Waals surface area contributed by atoms with Crippen molar-refractivity contribution in [1.82, 2.24) is 0 Å². The predicted octanol–water partition coefficient (Wildman–Crippen LogP) is 9.44. The Morgan fingerprint density at radius 1 is 0.561 bits per heavy atom. The van der Waals surface area contributed by atoms with Gasteiger partial charge in [0.05, 0.1) is 13.2 Å². The van der Waals surface area contributed by atoms with Crippen molar-refractivity contribution < 1.29 is 49.0 Å². The van der Waals surface area contributed by atoms with Gasteiger partial charge in [0.1, 0.15) is 31.0 Å². The smallest absolute Gasteiger partial charge is 0.306 e. The molecule has 0 saturated carbocycles. The monoisotopic (exact) mass is 805 g/mol. The van der Waals surface area contributed by atoms with Crippen molar-refractivity contribution in [2.24, 2.45) is 0 Å². The van der Waals surface area contributed by atoms with Gasteiger partial charge in [0.2, 0.25) is 0 Å². The van der Waals surface area contributed by atoms with E-state index in [0.717, 1.165) is 57.8 Å². The van der Waals surface area contributed by atoms with Crippen LogP contribution in [-0.4, -0.2) is 89.0 Å². The molecule has 1 rings (SSSR count). The molecule has 0 aliphatic carbocycles. The first-order chi connectivity index (χ1) is 27.8. The van der Waals surface area contributed by atoms with Gasteiger partial charge in [-0.1, -0.05) is 139 Å². The van der Waals surface area contributed by atoms with Crippen molar-refractivity contribution >= 4 is 11.9 Å². The van der Waals surface area contributed by atoms with Crippen LogP contribution in [0, 0.1) is 0 Å². The van der Waals surface area contributed by atoms with Crippen LogP contribution in [0.2, 0.25) is 0 Å². The number of ether oxygens (including phenoxy) is 4. The molecule has 10 nitrogen and oxygen atoms in total. The highest BCUT2D eigenvalue weighted by Crippen LogP contribution is 2.22. The summed E-state index contributed by atoms with van der Waals surface area (Å²) in [7, 11) is 0. The van der Waals surface area contributed by atoms with E-state index in [-0.39, 0.29) is 26.1 Å². The van der Waals surface area contributed by atoms with Gasteiger partial charge in [0, 0.05) is 12.8 Å². The molecule has 0 aromatic carbocycles. The summed E-state index contributed by atoms with van der Waals surface area (Å²) in [5.74, 6) is -0.861. The van der Waals surface area contributed by atoms with Crippen LogP contribution in [0.1, 0.15) is 168 Å². The average molecular weight is 805 g/mol. The number of carbonyl (C=O) groups is 2. The fourth-order valence-electron chi connectivity index (χ4n) is 6.35. The van der Waals surface area contributed by atoms with E-state index >= 15 is 0 Å². The molecule has 1 aliphatic heterocycles. The lowest BCUT2D eigenvalue weighted by Gasteiger charge is -2.39. The molecule has 4 N–H and O–H groups in total. The second-order valence-corrected chi connectivity index (χ2v) is 15.1. The Bertz CT molecular complexity index is 1110. The van der Waals surface area contributed by atoms with Gasteiger partial charge in [-0.05, 0) is 77.0 Å². The van der Waals surface area contributed by atoms with Crippen molar-refractivity contribution in [2.45, 2.75) is 205 Å². The summed E-state index contributed by atoms with van der Waals surface area (Å²) in [5.41, 5.74) is 0. The molecule has 0 spiro atoms. The Hall–Kier alpha value is -2.60. The predicted molar refractivity (Wildman–Crippen MR) is 228 cm³/mol. The SMILES string of the molecule is CC/C=C/C/C=C/C/C=C/C/C=C/CCCCC(=O)O[C@@H](COC(=O)CCCCCCCCCCC/C=C/CCCCCC)CO[C@H]1O[C@@H](CO)[C@@H](O)C(O)C1O. The Kier molecular flexibility index (Phi) is 34.6. The van der Waals surface area contributed by atoms with Crippen molar-refractivity contribution in [3.05, 3.63) is 60.8 Å². The van der Waals surface area contributed by atoms with Crippen molar-refractivity contribution in [1.29, 1.82) is 0 Å². The summed E-state index contributed by atoms with van der Waals surface area (Å²) in [6.07, 6.45) is 38.0. The highest BCUT2D eigenvalue weighted by molar-refractivity contribution is 5.70. The molecule has 0 aromatic rings. The number of esters is 2. The number of hydrogen-bond acceptors (Lipinski definition) is 10. The first-order valence-corrected chi connectivity index (χ1v) is 22.4. The molecule has 0 aromatic heterocycles. The van der Waals surface area contributed by atoms with Gasteiger partial charge < -0.3 is 39.4 Å². The number of unbranched alkanes of at least 4 members (excludes halogenated alkanes) is 15. The van der Waals surface area contributed by atoms with Crippen LogP contribution in [0.3, 0.4) is 0 Å². The fraction of sp³-hybridized carbons (Fsp3) is 0.745. The molecule has 2 unspecified atom stereocenters. The third-order valence-electron chi connectivity index (χ3n) is 9.89. The third-order valence-corrected chi connectivity index (χ3v) is 9.89. The Morgan fingerprint density at radius 3 is 1.61 bits per heavy atom. The van der Waals surface area contributed by atoms with Crippen LogP contribution >= 0.6 is 0 Å². The van der Waals surface area contributed by atoms with Crippen molar-refractivity contribution in [3.8, 4) is 0 Å². The van der Waals surface area contributed by atoms with Gasteiger partial charge in [0.15, 0.2) is 12.4 Å². The summed E-state index contributed by atoms with van der Waals surface area (Å²) in [4.78, 5) is 25.3. The van der Waals surface area contributed by atoms with Gasteiger partial charge in [-0.3, -0.25) is 9.59 Å². The first kappa shape index (κ1) is 52.4. The average Bonchev–Trinajstić information content (AvgIpc) is 3.21. The minimum atomic E-state index is -1.60. The lowest BCUT2D eigenvalue weighted by molar-refractivity contribution is -0.305. The second kappa shape index (κ2) is 37.7. The zero-order valence-corrected chi connectivity index (χ0v) is 35.6. The number of rotatable bonds is 36. The summed E-state index contributed by atoms with van der Waals surface area (Å²) in [6.45, 7) is 3.24. The molecular weight excluding hydrogens is 725 g/mol. The Labute approximate surface area is 345 Å². The lowest BCUT2D eigenvalue weighted by Crippen LogP contribution is -2.59. The van der Waals surface area contributed by atoms with E-state index < -0.39 is 55.4 Å². The molecule has 0 radical (unpaired) electrons. The standard InChI is InChI=1S/C47H80O10/c1-3-5-7-9-11-13-15-17-19-20-22-23-25-27-29-31-33-35-42(49)54-38-40(39-55-47-46(53)45(52)44(51)41(37-48)57-47)56-43(50)36-34-32-30-28-26-24-21-18-16-14-12-10-8-6-4-2/h6,8,12-15,18,21,26,28,40-41,44-48,51-53H,3-5,7,9-11,16-17,19-20,22-25,27,29-39H2,1-2H3/b8-6+,14-12+,15-13+,21-18+,28-26+/t40-,41-,44+,45?,46?,47-/m0/s1. The molecule has 10 heteroatoms. The Balaban J connectivity index is 2.36. The van der Waals surface area contributed by atoms with E-state index in [1.54, 1.807) is 0 Å². The van der Waals surface area contributed by atoms with Crippen molar-refractivity contribution in [3.63, 3.8) is 0 Å². The van der Waals surface area contributed by atoms with Crippen LogP contribution in [0.15, 0.2) is 60.8 Å². The van der Waals surface area contributed by atoms with E-state index in [2.05, 4.69) is 74.6 Å². The number of hydrogen-bond donors (Lipinski definition) is 4.